The van der Waals surface area contributed by atoms with Crippen molar-refractivity contribution in [3.63, 3.8) is 0 Å². The van der Waals surface area contributed by atoms with E-state index in [1.165, 1.54) is 0 Å². The molecule has 0 bridgehead atoms. The fourth-order valence-electron chi connectivity index (χ4n) is 1.58. The Hall–Kier alpha value is -0.880. The third kappa shape index (κ3) is 4.78. The molecule has 0 aromatic heterocycles. The summed E-state index contributed by atoms with van der Waals surface area (Å²) in [5, 5.41) is 0. The van der Waals surface area contributed by atoms with E-state index in [0.717, 1.165) is 12.3 Å². The minimum absolute atomic E-state index is 0.161. The summed E-state index contributed by atoms with van der Waals surface area (Å²) in [6.07, 6.45) is 5.92. The summed E-state index contributed by atoms with van der Waals surface area (Å²) in [4.78, 5) is 15.5. The van der Waals surface area contributed by atoms with Gasteiger partial charge in [0.25, 0.3) is 6.35 Å². The Labute approximate surface area is 113 Å². The second kappa shape index (κ2) is 8.26. The van der Waals surface area contributed by atoms with Gasteiger partial charge in [0, 0.05) is 38.4 Å². The molecule has 0 radical (unpaired) electrons. The Morgan fingerprint density at radius 3 is 2.89 bits per heavy atom. The zero-order chi connectivity index (χ0) is 13.4. The van der Waals surface area contributed by atoms with E-state index in [1.807, 2.05) is 42.4 Å². The van der Waals surface area contributed by atoms with Crippen LogP contribution in [0.1, 0.15) is 13.3 Å². The van der Waals surface area contributed by atoms with Crippen LogP contribution >= 0.6 is 11.8 Å². The van der Waals surface area contributed by atoms with Crippen LogP contribution < -0.4 is 0 Å². The van der Waals surface area contributed by atoms with Crippen LogP contribution in [0.3, 0.4) is 0 Å². The van der Waals surface area contributed by atoms with Gasteiger partial charge in [0.2, 0.25) is 0 Å². The number of thioether (sulfide) groups is 1. The van der Waals surface area contributed by atoms with Gasteiger partial charge in [-0.25, -0.2) is 0 Å². The van der Waals surface area contributed by atoms with Crippen molar-refractivity contribution < 1.29 is 14.3 Å². The van der Waals surface area contributed by atoms with E-state index in [2.05, 4.69) is 0 Å². The van der Waals surface area contributed by atoms with Gasteiger partial charge in [0.05, 0.1) is 13.0 Å². The van der Waals surface area contributed by atoms with Gasteiger partial charge in [0.1, 0.15) is 0 Å². The molecule has 0 aromatic carbocycles. The van der Waals surface area contributed by atoms with E-state index in [1.54, 1.807) is 11.8 Å². The van der Waals surface area contributed by atoms with Crippen molar-refractivity contribution >= 4 is 17.7 Å². The molecule has 0 aromatic rings. The number of carbonyl (C=O) groups excluding carboxylic acids is 1. The summed E-state index contributed by atoms with van der Waals surface area (Å²) in [6, 6.07) is 0. The largest absolute Gasteiger partial charge is 0.422 e. The summed E-state index contributed by atoms with van der Waals surface area (Å²) in [7, 11) is 1.89. The van der Waals surface area contributed by atoms with Crippen molar-refractivity contribution in [2.75, 3.05) is 38.8 Å². The van der Waals surface area contributed by atoms with Crippen LogP contribution in [-0.4, -0.2) is 60.9 Å². The maximum absolute atomic E-state index is 11.6. The predicted molar refractivity (Wildman–Crippen MR) is 73.0 cm³/mol. The third-order valence-corrected chi connectivity index (χ3v) is 3.18. The highest BCUT2D eigenvalue weighted by atomic mass is 32.2. The average Bonchev–Trinajstić information content (AvgIpc) is 2.69. The highest BCUT2D eigenvalue weighted by Gasteiger charge is 2.26. The van der Waals surface area contributed by atoms with Gasteiger partial charge in [-0.2, -0.15) is 11.8 Å². The maximum atomic E-state index is 11.6. The lowest BCUT2D eigenvalue weighted by molar-refractivity contribution is -0.167. The minimum atomic E-state index is -0.334. The number of esters is 1. The second-order valence-corrected chi connectivity index (χ2v) is 4.94. The van der Waals surface area contributed by atoms with Gasteiger partial charge < -0.3 is 19.3 Å². The molecule has 5 nitrogen and oxygen atoms in total. The molecule has 1 aliphatic heterocycles. The molecule has 1 atom stereocenters. The molecule has 1 aliphatic rings. The first kappa shape index (κ1) is 15.2. The zero-order valence-electron chi connectivity index (χ0n) is 11.3. The Bertz CT molecular complexity index is 286. The van der Waals surface area contributed by atoms with E-state index in [9.17, 15) is 4.79 Å². The third-order valence-electron chi connectivity index (χ3n) is 2.57. The summed E-state index contributed by atoms with van der Waals surface area (Å²) in [5.74, 6) is 0.632. The number of hydrogen-bond donors (Lipinski definition) is 0. The summed E-state index contributed by atoms with van der Waals surface area (Å²) < 4.78 is 10.8. The van der Waals surface area contributed by atoms with Crippen molar-refractivity contribution in [1.82, 2.24) is 9.80 Å². The fourth-order valence-corrected chi connectivity index (χ4v) is 1.95. The molecule has 0 N–H and O–H groups in total. The quantitative estimate of drug-likeness (QED) is 0.491. The van der Waals surface area contributed by atoms with E-state index in [-0.39, 0.29) is 12.3 Å². The SMILES string of the molecule is CCOCCN1C=CN(C)C1OC(=O)CCSC. The Kier molecular flexibility index (Phi) is 6.97. The first-order chi connectivity index (χ1) is 8.69. The topological polar surface area (TPSA) is 42.0 Å². The van der Waals surface area contributed by atoms with Crippen molar-refractivity contribution in [3.05, 3.63) is 12.4 Å². The standard InChI is InChI=1S/C12H22N2O3S/c1-4-16-9-8-14-7-6-13(2)12(14)17-11(15)5-10-18-3/h6-7,12H,4-5,8-10H2,1-3H3. The number of carbonyl (C=O) groups is 1. The number of nitrogens with zero attached hydrogens (tertiary/aromatic N) is 2. The van der Waals surface area contributed by atoms with Crippen molar-refractivity contribution in [2.45, 2.75) is 19.7 Å². The monoisotopic (exact) mass is 274 g/mol. The number of rotatable bonds is 8. The Balaban J connectivity index is 2.38. The molecule has 6 heteroatoms. The summed E-state index contributed by atoms with van der Waals surface area (Å²) >= 11 is 1.64. The number of ether oxygens (including phenoxy) is 2. The highest BCUT2D eigenvalue weighted by Crippen LogP contribution is 2.15. The first-order valence-electron chi connectivity index (χ1n) is 6.11. The molecular formula is C12H22N2O3S. The molecular weight excluding hydrogens is 252 g/mol. The van der Waals surface area contributed by atoms with Gasteiger partial charge >= 0.3 is 5.97 Å². The van der Waals surface area contributed by atoms with Crippen LogP contribution in [0.25, 0.3) is 0 Å². The van der Waals surface area contributed by atoms with E-state index in [4.69, 9.17) is 9.47 Å². The Morgan fingerprint density at radius 2 is 2.22 bits per heavy atom. The molecule has 1 heterocycles. The van der Waals surface area contributed by atoms with Crippen LogP contribution in [0.2, 0.25) is 0 Å². The first-order valence-corrected chi connectivity index (χ1v) is 7.50. The normalized spacial score (nSPS) is 18.5. The van der Waals surface area contributed by atoms with E-state index < -0.39 is 0 Å². The molecule has 18 heavy (non-hydrogen) atoms. The van der Waals surface area contributed by atoms with Gasteiger partial charge in [-0.05, 0) is 13.2 Å². The molecule has 104 valence electrons. The van der Waals surface area contributed by atoms with Gasteiger partial charge in [-0.3, -0.25) is 4.79 Å². The van der Waals surface area contributed by atoms with Crippen molar-refractivity contribution in [2.24, 2.45) is 0 Å². The zero-order valence-corrected chi connectivity index (χ0v) is 12.1. The second-order valence-electron chi connectivity index (χ2n) is 3.96. The molecule has 0 amide bonds. The van der Waals surface area contributed by atoms with Crippen LogP contribution in [0.15, 0.2) is 12.4 Å². The predicted octanol–water partition coefficient (Wildman–Crippen LogP) is 1.32. The molecule has 0 saturated carbocycles. The lowest BCUT2D eigenvalue weighted by atomic mass is 10.5. The molecule has 0 aliphatic carbocycles. The van der Waals surface area contributed by atoms with Crippen LogP contribution in [0, 0.1) is 0 Å². The lowest BCUT2D eigenvalue weighted by Crippen LogP contribution is -2.41. The molecule has 0 saturated heterocycles. The van der Waals surface area contributed by atoms with Crippen molar-refractivity contribution in [3.8, 4) is 0 Å². The molecule has 0 spiro atoms. The van der Waals surface area contributed by atoms with Gasteiger partial charge in [-0.1, -0.05) is 0 Å². The molecule has 0 fully saturated rings. The molecule has 1 rings (SSSR count). The maximum Gasteiger partial charge on any atom is 0.309 e. The molecule has 1 unspecified atom stereocenters. The van der Waals surface area contributed by atoms with Crippen LogP contribution in [0.5, 0.6) is 0 Å². The van der Waals surface area contributed by atoms with E-state index in [0.29, 0.717) is 19.6 Å². The average molecular weight is 274 g/mol. The van der Waals surface area contributed by atoms with Gasteiger partial charge in [0.15, 0.2) is 0 Å². The lowest BCUT2D eigenvalue weighted by Gasteiger charge is -2.29. The fraction of sp³-hybridized carbons (Fsp3) is 0.750. The number of hydrogen-bond acceptors (Lipinski definition) is 6. The van der Waals surface area contributed by atoms with Crippen molar-refractivity contribution in [1.29, 1.82) is 0 Å². The summed E-state index contributed by atoms with van der Waals surface area (Å²) in [6.45, 7) is 4.01. The van der Waals surface area contributed by atoms with Crippen LogP contribution in [0.4, 0.5) is 0 Å². The van der Waals surface area contributed by atoms with Gasteiger partial charge in [-0.15, -0.1) is 0 Å². The smallest absolute Gasteiger partial charge is 0.309 e. The minimum Gasteiger partial charge on any atom is -0.422 e. The Morgan fingerprint density at radius 1 is 1.44 bits per heavy atom. The summed E-state index contributed by atoms with van der Waals surface area (Å²) in [5.41, 5.74) is 0. The highest BCUT2D eigenvalue weighted by molar-refractivity contribution is 7.98. The van der Waals surface area contributed by atoms with E-state index >= 15 is 0 Å². The van der Waals surface area contributed by atoms with Crippen LogP contribution in [-0.2, 0) is 14.3 Å².